The summed E-state index contributed by atoms with van der Waals surface area (Å²) in [6.07, 6.45) is 0. The van der Waals surface area contributed by atoms with Crippen LogP contribution in [0.5, 0.6) is 0 Å². The predicted octanol–water partition coefficient (Wildman–Crippen LogP) is 4.12. The van der Waals surface area contributed by atoms with Crippen molar-refractivity contribution in [2.45, 2.75) is 52.4 Å². The van der Waals surface area contributed by atoms with E-state index in [4.69, 9.17) is 5.11 Å². The Morgan fingerprint density at radius 2 is 1.56 bits per heavy atom. The number of carboxylic acid groups (broad SMARTS) is 1. The molecule has 1 N–H and O–H groups in total. The second-order valence-electron chi connectivity index (χ2n) is 6.65. The summed E-state index contributed by atoms with van der Waals surface area (Å²) < 4.78 is 14.4. The van der Waals surface area contributed by atoms with E-state index in [1.54, 1.807) is 6.07 Å². The Labute approximate surface area is 108 Å². The van der Waals surface area contributed by atoms with E-state index in [0.717, 1.165) is 5.56 Å². The molecule has 0 atom stereocenters. The molecule has 0 aliphatic rings. The number of rotatable bonds is 1. The molecule has 0 heterocycles. The van der Waals surface area contributed by atoms with E-state index in [9.17, 15) is 9.18 Å². The Balaban J connectivity index is 3.69. The zero-order valence-corrected chi connectivity index (χ0v) is 11.9. The Morgan fingerprint density at radius 1 is 1.06 bits per heavy atom. The van der Waals surface area contributed by atoms with Gasteiger partial charge in [0.25, 0.3) is 0 Å². The van der Waals surface area contributed by atoms with Gasteiger partial charge < -0.3 is 5.11 Å². The first kappa shape index (κ1) is 14.7. The van der Waals surface area contributed by atoms with Crippen LogP contribution in [0.25, 0.3) is 0 Å². The molecule has 0 aromatic heterocycles. The molecule has 0 saturated carbocycles. The summed E-state index contributed by atoms with van der Waals surface area (Å²) in [5.74, 6) is -1.83. The van der Waals surface area contributed by atoms with Gasteiger partial charge >= 0.3 is 5.97 Å². The molecule has 100 valence electrons. The van der Waals surface area contributed by atoms with Gasteiger partial charge in [-0.3, -0.25) is 0 Å². The molecule has 3 heteroatoms. The lowest BCUT2D eigenvalue weighted by molar-refractivity contribution is 0.0691. The van der Waals surface area contributed by atoms with Gasteiger partial charge in [-0.25, -0.2) is 9.18 Å². The molecular weight excluding hydrogens is 231 g/mol. The van der Waals surface area contributed by atoms with Crippen molar-refractivity contribution in [1.82, 2.24) is 0 Å². The number of benzene rings is 1. The molecule has 18 heavy (non-hydrogen) atoms. The Morgan fingerprint density at radius 3 is 1.89 bits per heavy atom. The summed E-state index contributed by atoms with van der Waals surface area (Å²) in [4.78, 5) is 11.0. The standard InChI is InChI=1S/C15H21FO2/c1-14(2,3)10-8-7-9(13(17)18)12(16)11(10)15(4,5)6/h7-8H,1-6H3,(H,17,18). The molecule has 0 aliphatic carbocycles. The van der Waals surface area contributed by atoms with E-state index in [2.05, 4.69) is 0 Å². The summed E-state index contributed by atoms with van der Waals surface area (Å²) in [5, 5.41) is 9.01. The smallest absolute Gasteiger partial charge is 0.338 e. The van der Waals surface area contributed by atoms with E-state index in [1.165, 1.54) is 6.07 Å². The lowest BCUT2D eigenvalue weighted by Crippen LogP contribution is -2.25. The Bertz CT molecular complexity index is 476. The van der Waals surface area contributed by atoms with Crippen LogP contribution in [0.3, 0.4) is 0 Å². The monoisotopic (exact) mass is 252 g/mol. The maximum Gasteiger partial charge on any atom is 0.338 e. The lowest BCUT2D eigenvalue weighted by atomic mass is 9.74. The van der Waals surface area contributed by atoms with E-state index in [0.29, 0.717) is 5.56 Å². The van der Waals surface area contributed by atoms with E-state index < -0.39 is 17.2 Å². The minimum Gasteiger partial charge on any atom is -0.478 e. The largest absolute Gasteiger partial charge is 0.478 e. The van der Waals surface area contributed by atoms with E-state index in [1.807, 2.05) is 41.5 Å². The maximum absolute atomic E-state index is 14.4. The van der Waals surface area contributed by atoms with Crippen molar-refractivity contribution >= 4 is 5.97 Å². The van der Waals surface area contributed by atoms with Gasteiger partial charge in [0, 0.05) is 0 Å². The zero-order chi connectivity index (χ0) is 14.3. The average molecular weight is 252 g/mol. The van der Waals surface area contributed by atoms with Crippen molar-refractivity contribution in [3.63, 3.8) is 0 Å². The van der Waals surface area contributed by atoms with Gasteiger partial charge in [-0.2, -0.15) is 0 Å². The average Bonchev–Trinajstić information content (AvgIpc) is 2.12. The first-order chi connectivity index (χ1) is 7.96. The third-order valence-corrected chi connectivity index (χ3v) is 2.93. The molecule has 0 radical (unpaired) electrons. The van der Waals surface area contributed by atoms with Crippen LogP contribution in [0.15, 0.2) is 12.1 Å². The van der Waals surface area contributed by atoms with Gasteiger partial charge in [0.2, 0.25) is 0 Å². The molecule has 1 aromatic rings. The van der Waals surface area contributed by atoms with Gasteiger partial charge in [-0.1, -0.05) is 47.6 Å². The number of hydrogen-bond acceptors (Lipinski definition) is 1. The predicted molar refractivity (Wildman–Crippen MR) is 70.8 cm³/mol. The quantitative estimate of drug-likeness (QED) is 0.816. The normalized spacial score (nSPS) is 12.6. The molecule has 0 spiro atoms. The van der Waals surface area contributed by atoms with Crippen LogP contribution in [0, 0.1) is 5.82 Å². The summed E-state index contributed by atoms with van der Waals surface area (Å²) in [6, 6.07) is 3.08. The summed E-state index contributed by atoms with van der Waals surface area (Å²) in [5.41, 5.74) is 0.443. The highest BCUT2D eigenvalue weighted by molar-refractivity contribution is 5.88. The van der Waals surface area contributed by atoms with Gasteiger partial charge in [-0.05, 0) is 28.0 Å². The lowest BCUT2D eigenvalue weighted by Gasteiger charge is -2.30. The topological polar surface area (TPSA) is 37.3 Å². The Kier molecular flexibility index (Phi) is 3.57. The van der Waals surface area contributed by atoms with Crippen molar-refractivity contribution in [1.29, 1.82) is 0 Å². The molecule has 1 rings (SSSR count). The van der Waals surface area contributed by atoms with Crippen LogP contribution in [-0.2, 0) is 10.8 Å². The molecule has 0 bridgehead atoms. The van der Waals surface area contributed by atoms with Gasteiger partial charge in [-0.15, -0.1) is 0 Å². The third-order valence-electron chi connectivity index (χ3n) is 2.93. The highest BCUT2D eigenvalue weighted by atomic mass is 19.1. The first-order valence-corrected chi connectivity index (χ1v) is 6.03. The molecule has 0 aliphatic heterocycles. The second kappa shape index (κ2) is 4.38. The van der Waals surface area contributed by atoms with Crippen LogP contribution in [-0.4, -0.2) is 11.1 Å². The van der Waals surface area contributed by atoms with Crippen LogP contribution in [0.4, 0.5) is 4.39 Å². The SMILES string of the molecule is CC(C)(C)c1ccc(C(=O)O)c(F)c1C(C)(C)C. The Hall–Kier alpha value is -1.38. The molecule has 0 saturated heterocycles. The van der Waals surface area contributed by atoms with Crippen LogP contribution >= 0.6 is 0 Å². The summed E-state index contributed by atoms with van der Waals surface area (Å²) in [6.45, 7) is 11.7. The number of aromatic carboxylic acids is 1. The van der Waals surface area contributed by atoms with Crippen molar-refractivity contribution in [2.75, 3.05) is 0 Å². The number of hydrogen-bond donors (Lipinski definition) is 1. The van der Waals surface area contributed by atoms with E-state index in [-0.39, 0.29) is 11.0 Å². The number of carboxylic acids is 1. The summed E-state index contributed by atoms with van der Waals surface area (Å²) >= 11 is 0. The van der Waals surface area contributed by atoms with Crippen molar-refractivity contribution in [3.8, 4) is 0 Å². The fraction of sp³-hybridized carbons (Fsp3) is 0.533. The molecule has 0 fully saturated rings. The molecule has 0 amide bonds. The van der Waals surface area contributed by atoms with Gasteiger partial charge in [0.1, 0.15) is 5.82 Å². The van der Waals surface area contributed by atoms with Crippen molar-refractivity contribution in [2.24, 2.45) is 0 Å². The van der Waals surface area contributed by atoms with E-state index >= 15 is 0 Å². The van der Waals surface area contributed by atoms with Gasteiger partial charge in [0.15, 0.2) is 0 Å². The molecule has 1 aromatic carbocycles. The third kappa shape index (κ3) is 2.71. The number of halogens is 1. The first-order valence-electron chi connectivity index (χ1n) is 6.03. The minimum atomic E-state index is -1.22. The van der Waals surface area contributed by atoms with Crippen LogP contribution in [0.2, 0.25) is 0 Å². The molecule has 0 unspecified atom stereocenters. The fourth-order valence-corrected chi connectivity index (χ4v) is 2.10. The second-order valence-corrected chi connectivity index (χ2v) is 6.65. The summed E-state index contributed by atoms with van der Waals surface area (Å²) in [7, 11) is 0. The molecule has 2 nitrogen and oxygen atoms in total. The van der Waals surface area contributed by atoms with Crippen molar-refractivity contribution < 1.29 is 14.3 Å². The van der Waals surface area contributed by atoms with Crippen LogP contribution in [0.1, 0.15) is 63.0 Å². The zero-order valence-electron chi connectivity index (χ0n) is 11.9. The van der Waals surface area contributed by atoms with Crippen molar-refractivity contribution in [3.05, 3.63) is 34.6 Å². The van der Waals surface area contributed by atoms with Crippen LogP contribution < -0.4 is 0 Å². The minimum absolute atomic E-state index is 0.222. The number of carbonyl (C=O) groups is 1. The van der Waals surface area contributed by atoms with Gasteiger partial charge in [0.05, 0.1) is 5.56 Å². The highest BCUT2D eigenvalue weighted by Crippen LogP contribution is 2.36. The maximum atomic E-state index is 14.4. The highest BCUT2D eigenvalue weighted by Gasteiger charge is 2.30. The fourth-order valence-electron chi connectivity index (χ4n) is 2.10. The molecular formula is C15H21FO2.